The average molecular weight is 699 g/mol. The lowest BCUT2D eigenvalue weighted by Crippen LogP contribution is -2.40. The largest absolute Gasteiger partial charge is 0.459 e. The van der Waals surface area contributed by atoms with E-state index in [-0.39, 0.29) is 47.8 Å². The number of nitrogens with one attached hydrogen (secondary N) is 2. The highest BCUT2D eigenvalue weighted by Gasteiger charge is 2.35. The highest BCUT2D eigenvalue weighted by molar-refractivity contribution is 6.23. The monoisotopic (exact) mass is 698 g/mol. The van der Waals surface area contributed by atoms with Crippen LogP contribution in [-0.4, -0.2) is 100 Å². The van der Waals surface area contributed by atoms with Crippen molar-refractivity contribution < 1.29 is 42.9 Å². The molecule has 50 heavy (non-hydrogen) atoms. The van der Waals surface area contributed by atoms with E-state index in [1.807, 2.05) is 38.9 Å². The number of ether oxygens (including phenoxy) is 4. The summed E-state index contributed by atoms with van der Waals surface area (Å²) in [5.74, 6) is -2.65. The fraction of sp³-hybridized carbons (Fsp3) is 0.541. The van der Waals surface area contributed by atoms with Crippen LogP contribution in [0.1, 0.15) is 53.4 Å². The number of nitrogens with zero attached hydrogens (tertiary/aromatic N) is 1. The van der Waals surface area contributed by atoms with Gasteiger partial charge in [-0.1, -0.05) is 44.2 Å². The van der Waals surface area contributed by atoms with Crippen LogP contribution in [0.3, 0.4) is 0 Å². The number of nitrogens with two attached hydrogens (primary N) is 1. The fourth-order valence-electron chi connectivity index (χ4n) is 5.87. The number of esters is 1. The van der Waals surface area contributed by atoms with E-state index in [1.165, 1.54) is 20.3 Å². The summed E-state index contributed by atoms with van der Waals surface area (Å²) < 4.78 is 23.2. The first kappa shape index (κ1) is 41.8. The third-order valence-electron chi connectivity index (χ3n) is 8.44. The molecule has 1 unspecified atom stereocenters. The molecule has 1 aliphatic heterocycles. The molecule has 1 aliphatic carbocycles. The molecule has 2 bridgehead atoms. The molecule has 2 rings (SSSR count). The average Bonchev–Trinajstić information content (AvgIpc) is 3.04. The van der Waals surface area contributed by atoms with Gasteiger partial charge in [-0.15, -0.1) is 6.58 Å². The van der Waals surface area contributed by atoms with Crippen LogP contribution >= 0.6 is 0 Å². The molecule has 0 aromatic heterocycles. The Morgan fingerprint density at radius 3 is 2.42 bits per heavy atom. The molecule has 0 aromatic rings. The van der Waals surface area contributed by atoms with Crippen LogP contribution in [0, 0.1) is 11.8 Å². The zero-order chi connectivity index (χ0) is 37.5. The van der Waals surface area contributed by atoms with Crippen LogP contribution in [0.25, 0.3) is 0 Å². The van der Waals surface area contributed by atoms with Gasteiger partial charge in [0.1, 0.15) is 12.2 Å². The molecule has 13 heteroatoms. The Morgan fingerprint density at radius 1 is 1.12 bits per heavy atom. The van der Waals surface area contributed by atoms with Crippen molar-refractivity contribution in [2.75, 3.05) is 41.4 Å². The summed E-state index contributed by atoms with van der Waals surface area (Å²) >= 11 is 0. The van der Waals surface area contributed by atoms with E-state index in [0.29, 0.717) is 25.0 Å². The van der Waals surface area contributed by atoms with Gasteiger partial charge in [-0.2, -0.15) is 0 Å². The van der Waals surface area contributed by atoms with E-state index in [1.54, 1.807) is 32.1 Å². The Morgan fingerprint density at radius 2 is 1.82 bits per heavy atom. The minimum absolute atomic E-state index is 0.136. The van der Waals surface area contributed by atoms with Crippen molar-refractivity contribution in [3.05, 3.63) is 71.1 Å². The second-order valence-electron chi connectivity index (χ2n) is 13.0. The number of hydrogen-bond acceptors (Lipinski definition) is 11. The molecule has 0 aromatic carbocycles. The minimum Gasteiger partial charge on any atom is -0.459 e. The number of carbonyl (C=O) groups excluding carboxylic acids is 5. The summed E-state index contributed by atoms with van der Waals surface area (Å²) in [6.07, 6.45) is 6.21. The van der Waals surface area contributed by atoms with Gasteiger partial charge in [0, 0.05) is 50.3 Å². The molecule has 4 N–H and O–H groups in total. The molecule has 6 atom stereocenters. The van der Waals surface area contributed by atoms with Gasteiger partial charge in [-0.05, 0) is 65.2 Å². The zero-order valence-corrected chi connectivity index (χ0v) is 30.6. The Hall–Kier alpha value is -4.33. The molecule has 0 saturated carbocycles. The molecule has 13 nitrogen and oxygen atoms in total. The van der Waals surface area contributed by atoms with Crippen LogP contribution < -0.4 is 16.4 Å². The molecular formula is C37H54N4O9. The summed E-state index contributed by atoms with van der Waals surface area (Å²) in [4.78, 5) is 67.4. The standard InChI is InChI=1S/C37H54N4O9/c1-10-16-39-32-26-18-22(2)19-30(48-9)35(49-31(43)15-12-17-41(6)7)25(5)20-24(4)34(50-37(38)46)29(47-8)14-11-13-23(3)36(45)40-27(33(26)44)21-28(32)42/h10-11,13-14,20-22,25,29-30,34-35,39H,1,12,15-19H2,2-9H3,(H2,38,46)(H,40,45)/t22-,25-,29-,30-,34-,35?/m1/s1. The smallest absolute Gasteiger partial charge is 0.405 e. The van der Waals surface area contributed by atoms with Gasteiger partial charge in [0.2, 0.25) is 11.6 Å². The lowest BCUT2D eigenvalue weighted by atomic mass is 9.85. The van der Waals surface area contributed by atoms with Gasteiger partial charge in [0.05, 0.1) is 17.5 Å². The third kappa shape index (κ3) is 12.5. The van der Waals surface area contributed by atoms with Gasteiger partial charge >= 0.3 is 12.1 Å². The van der Waals surface area contributed by atoms with Crippen molar-refractivity contribution in [1.82, 2.24) is 15.5 Å². The molecule has 276 valence electrons. The van der Waals surface area contributed by atoms with E-state index in [4.69, 9.17) is 24.7 Å². The Balaban J connectivity index is 2.71. The first-order chi connectivity index (χ1) is 23.6. The van der Waals surface area contributed by atoms with Gasteiger partial charge < -0.3 is 40.2 Å². The van der Waals surface area contributed by atoms with Gasteiger partial charge in [-0.25, -0.2) is 4.79 Å². The number of Topliss-reactive ketones (excluding diaryl/α,β-unsaturated/α-hetero) is 1. The summed E-state index contributed by atoms with van der Waals surface area (Å²) in [5.41, 5.74) is 6.46. The predicted octanol–water partition coefficient (Wildman–Crippen LogP) is 3.43. The maximum absolute atomic E-state index is 13.8. The molecule has 0 saturated heterocycles. The number of hydrogen-bond donors (Lipinski definition) is 3. The van der Waals surface area contributed by atoms with E-state index in [9.17, 15) is 24.0 Å². The number of carbonyl (C=O) groups is 5. The molecule has 2 aliphatic rings. The molecule has 0 spiro atoms. The molecule has 1 heterocycles. The number of ketones is 2. The molecule has 0 fully saturated rings. The van der Waals surface area contributed by atoms with E-state index < -0.39 is 59.9 Å². The van der Waals surface area contributed by atoms with Gasteiger partial charge in [-0.3, -0.25) is 19.2 Å². The van der Waals surface area contributed by atoms with E-state index in [2.05, 4.69) is 17.2 Å². The zero-order valence-electron chi connectivity index (χ0n) is 30.6. The first-order valence-electron chi connectivity index (χ1n) is 16.7. The second kappa shape index (κ2) is 20.4. The van der Waals surface area contributed by atoms with Crippen molar-refractivity contribution in [3.63, 3.8) is 0 Å². The highest BCUT2D eigenvalue weighted by atomic mass is 16.6. The molecule has 2 amide bonds. The summed E-state index contributed by atoms with van der Waals surface area (Å²) in [7, 11) is 6.80. The van der Waals surface area contributed by atoms with Gasteiger partial charge in [0.25, 0.3) is 5.91 Å². The highest BCUT2D eigenvalue weighted by Crippen LogP contribution is 2.30. The summed E-state index contributed by atoms with van der Waals surface area (Å²) in [6, 6.07) is 0. The quantitative estimate of drug-likeness (QED) is 0.164. The summed E-state index contributed by atoms with van der Waals surface area (Å²) in [6.45, 7) is 11.7. The summed E-state index contributed by atoms with van der Waals surface area (Å²) in [5, 5.41) is 5.58. The Labute approximate surface area is 295 Å². The number of amides is 2. The van der Waals surface area contributed by atoms with Crippen LogP contribution in [0.5, 0.6) is 0 Å². The Bertz CT molecular complexity index is 1430. The molecule has 0 radical (unpaired) electrons. The maximum Gasteiger partial charge on any atom is 0.405 e. The lowest BCUT2D eigenvalue weighted by molar-refractivity contribution is -0.160. The second-order valence-corrected chi connectivity index (χ2v) is 13.0. The normalized spacial score (nSPS) is 25.7. The predicted molar refractivity (Wildman–Crippen MR) is 189 cm³/mol. The number of methoxy groups -OCH3 is 2. The van der Waals surface area contributed by atoms with E-state index >= 15 is 0 Å². The number of primary amides is 1. The first-order valence-corrected chi connectivity index (χ1v) is 16.7. The van der Waals surface area contributed by atoms with Crippen molar-refractivity contribution >= 4 is 29.5 Å². The van der Waals surface area contributed by atoms with Gasteiger partial charge in [0.15, 0.2) is 6.10 Å². The van der Waals surface area contributed by atoms with Crippen LogP contribution in [0.2, 0.25) is 0 Å². The van der Waals surface area contributed by atoms with Crippen molar-refractivity contribution in [3.8, 4) is 0 Å². The van der Waals surface area contributed by atoms with Crippen LogP contribution in [-0.2, 0) is 38.1 Å². The number of fused-ring (bicyclic) bond motifs is 2. The SMILES string of the molecule is C=CCNC1=C2C[C@@H](C)C[C@@H](OC)C(OC(=O)CCCN(C)C)[C@H](C)C=C(C)[C@@H](OC(N)=O)[C@H](OC)C=CC=C(C)C(=O)NC(=CC1=O)C2=O. The fourth-order valence-corrected chi connectivity index (χ4v) is 5.87. The minimum atomic E-state index is -1.02. The van der Waals surface area contributed by atoms with Crippen LogP contribution in [0.15, 0.2) is 71.1 Å². The third-order valence-corrected chi connectivity index (χ3v) is 8.44. The Kier molecular flexibility index (Phi) is 17.0. The molecular weight excluding hydrogens is 644 g/mol. The maximum atomic E-state index is 13.8. The number of allylic oxidation sites excluding steroid dienone is 4. The van der Waals surface area contributed by atoms with E-state index in [0.717, 1.165) is 6.08 Å². The van der Waals surface area contributed by atoms with Crippen LogP contribution in [0.4, 0.5) is 4.79 Å². The number of rotatable bonds is 11. The topological polar surface area (TPSA) is 176 Å². The van der Waals surface area contributed by atoms with Crippen molar-refractivity contribution in [2.45, 2.75) is 77.8 Å². The lowest BCUT2D eigenvalue weighted by Gasteiger charge is -2.32. The van der Waals surface area contributed by atoms with Crippen molar-refractivity contribution in [2.24, 2.45) is 17.6 Å². The van der Waals surface area contributed by atoms with Crippen molar-refractivity contribution in [1.29, 1.82) is 0 Å².